The Kier molecular flexibility index (Phi) is 3.68. The van der Waals surface area contributed by atoms with Crippen LogP contribution < -0.4 is 5.32 Å². The van der Waals surface area contributed by atoms with Crippen molar-refractivity contribution in [3.63, 3.8) is 0 Å². The minimum Gasteiger partial charge on any atom is -0.370 e. The van der Waals surface area contributed by atoms with Crippen LogP contribution >= 0.6 is 11.3 Å². The van der Waals surface area contributed by atoms with Gasteiger partial charge in [0.25, 0.3) is 0 Å². The first-order valence-electron chi connectivity index (χ1n) is 7.06. The van der Waals surface area contributed by atoms with Gasteiger partial charge in [0.15, 0.2) is 0 Å². The minimum absolute atomic E-state index is 0.271. The SMILES string of the molecule is Cc1ncc(CNCC2CCC3(CCCC3)O2)s1. The molecule has 1 saturated heterocycles. The van der Waals surface area contributed by atoms with E-state index in [9.17, 15) is 0 Å². The zero-order valence-corrected chi connectivity index (χ0v) is 11.9. The normalized spacial score (nSPS) is 26.2. The fourth-order valence-electron chi connectivity index (χ4n) is 3.27. The Balaban J connectivity index is 1.42. The molecule has 1 atom stereocenters. The second kappa shape index (κ2) is 5.27. The molecule has 1 unspecified atom stereocenters. The Bertz CT molecular complexity index is 398. The van der Waals surface area contributed by atoms with Crippen molar-refractivity contribution in [3.8, 4) is 0 Å². The lowest BCUT2D eigenvalue weighted by Crippen LogP contribution is -2.30. The molecule has 2 heterocycles. The van der Waals surface area contributed by atoms with Crippen LogP contribution in [0.2, 0.25) is 0 Å². The third kappa shape index (κ3) is 2.76. The molecule has 2 aliphatic rings. The van der Waals surface area contributed by atoms with Crippen LogP contribution in [-0.4, -0.2) is 23.2 Å². The first kappa shape index (κ1) is 12.6. The molecule has 1 saturated carbocycles. The number of rotatable bonds is 4. The van der Waals surface area contributed by atoms with E-state index in [0.717, 1.165) is 18.1 Å². The van der Waals surface area contributed by atoms with Crippen molar-refractivity contribution in [2.24, 2.45) is 0 Å². The van der Waals surface area contributed by atoms with Crippen molar-refractivity contribution in [3.05, 3.63) is 16.1 Å². The summed E-state index contributed by atoms with van der Waals surface area (Å²) in [6, 6.07) is 0. The van der Waals surface area contributed by atoms with E-state index in [0.29, 0.717) is 6.10 Å². The molecule has 1 spiro atoms. The van der Waals surface area contributed by atoms with Gasteiger partial charge in [-0.25, -0.2) is 4.98 Å². The highest BCUT2D eigenvalue weighted by Crippen LogP contribution is 2.43. The Labute approximate surface area is 113 Å². The highest BCUT2D eigenvalue weighted by atomic mass is 32.1. The standard InChI is InChI=1S/C14H22N2OS/c1-11-16-10-13(18-11)9-15-8-12-4-7-14(17-12)5-2-3-6-14/h10,12,15H,2-9H2,1H3. The third-order valence-electron chi connectivity index (χ3n) is 4.19. The van der Waals surface area contributed by atoms with Gasteiger partial charge in [-0.2, -0.15) is 0 Å². The monoisotopic (exact) mass is 266 g/mol. The van der Waals surface area contributed by atoms with Crippen LogP contribution in [0.4, 0.5) is 0 Å². The van der Waals surface area contributed by atoms with E-state index >= 15 is 0 Å². The summed E-state index contributed by atoms with van der Waals surface area (Å²) in [5, 5.41) is 4.66. The number of thiazole rings is 1. The number of hydrogen-bond donors (Lipinski definition) is 1. The summed E-state index contributed by atoms with van der Waals surface area (Å²) in [7, 11) is 0. The highest BCUT2D eigenvalue weighted by molar-refractivity contribution is 7.11. The number of ether oxygens (including phenoxy) is 1. The maximum atomic E-state index is 6.28. The zero-order chi connectivity index (χ0) is 12.4. The van der Waals surface area contributed by atoms with Crippen LogP contribution in [0.5, 0.6) is 0 Å². The number of nitrogens with one attached hydrogen (secondary N) is 1. The third-order valence-corrected chi connectivity index (χ3v) is 5.11. The predicted molar refractivity (Wildman–Crippen MR) is 73.9 cm³/mol. The summed E-state index contributed by atoms with van der Waals surface area (Å²) < 4.78 is 6.28. The van der Waals surface area contributed by atoms with Gasteiger partial charge in [0, 0.05) is 24.2 Å². The van der Waals surface area contributed by atoms with E-state index in [2.05, 4.69) is 17.2 Å². The fraction of sp³-hybridized carbons (Fsp3) is 0.786. The molecule has 3 nitrogen and oxygen atoms in total. The summed E-state index contributed by atoms with van der Waals surface area (Å²) >= 11 is 1.77. The van der Waals surface area contributed by atoms with Gasteiger partial charge in [-0.05, 0) is 32.6 Å². The number of aromatic nitrogens is 1. The number of nitrogens with zero attached hydrogens (tertiary/aromatic N) is 1. The smallest absolute Gasteiger partial charge is 0.0897 e. The molecule has 1 N–H and O–H groups in total. The molecule has 100 valence electrons. The summed E-state index contributed by atoms with van der Waals surface area (Å²) in [6.07, 6.45) is 10.2. The Morgan fingerprint density at radius 2 is 2.28 bits per heavy atom. The van der Waals surface area contributed by atoms with E-state index in [-0.39, 0.29) is 5.60 Å². The Morgan fingerprint density at radius 3 is 3.00 bits per heavy atom. The fourth-order valence-corrected chi connectivity index (χ4v) is 4.03. The highest BCUT2D eigenvalue weighted by Gasteiger charge is 2.41. The molecule has 0 bridgehead atoms. The minimum atomic E-state index is 0.271. The maximum Gasteiger partial charge on any atom is 0.0897 e. The number of aryl methyl sites for hydroxylation is 1. The van der Waals surface area contributed by atoms with Gasteiger partial charge >= 0.3 is 0 Å². The van der Waals surface area contributed by atoms with Gasteiger partial charge in [-0.3, -0.25) is 0 Å². The van der Waals surface area contributed by atoms with Crippen LogP contribution in [0.3, 0.4) is 0 Å². The predicted octanol–water partition coefficient (Wildman–Crippen LogP) is 3.03. The Morgan fingerprint density at radius 1 is 1.44 bits per heavy atom. The lowest BCUT2D eigenvalue weighted by atomic mass is 9.98. The quantitative estimate of drug-likeness (QED) is 0.909. The molecule has 1 aliphatic heterocycles. The second-order valence-corrected chi connectivity index (χ2v) is 6.96. The Hall–Kier alpha value is -0.450. The molecule has 0 aromatic carbocycles. The summed E-state index contributed by atoms with van der Waals surface area (Å²) in [5.74, 6) is 0. The van der Waals surface area contributed by atoms with Crippen LogP contribution in [0.25, 0.3) is 0 Å². The molecular weight excluding hydrogens is 244 g/mol. The summed E-state index contributed by atoms with van der Waals surface area (Å²) in [6.45, 7) is 3.97. The average molecular weight is 266 g/mol. The molecule has 0 amide bonds. The molecule has 2 fully saturated rings. The van der Waals surface area contributed by atoms with Crippen molar-refractivity contribution >= 4 is 11.3 Å². The lowest BCUT2D eigenvalue weighted by molar-refractivity contribution is -0.0351. The van der Waals surface area contributed by atoms with Gasteiger partial charge in [0.1, 0.15) is 0 Å². The topological polar surface area (TPSA) is 34.2 Å². The molecule has 1 aromatic rings. The second-order valence-electron chi connectivity index (χ2n) is 5.65. The molecular formula is C14H22N2OS. The molecule has 18 heavy (non-hydrogen) atoms. The maximum absolute atomic E-state index is 6.28. The van der Waals surface area contributed by atoms with Crippen molar-refractivity contribution < 1.29 is 4.74 Å². The van der Waals surface area contributed by atoms with Gasteiger partial charge in [-0.15, -0.1) is 11.3 Å². The average Bonchev–Trinajstić information content (AvgIpc) is 3.05. The van der Waals surface area contributed by atoms with E-state index in [1.54, 1.807) is 11.3 Å². The molecule has 0 radical (unpaired) electrons. The summed E-state index contributed by atoms with van der Waals surface area (Å²) in [4.78, 5) is 5.59. The lowest BCUT2D eigenvalue weighted by Gasteiger charge is -2.23. The molecule has 1 aliphatic carbocycles. The molecule has 1 aromatic heterocycles. The zero-order valence-electron chi connectivity index (χ0n) is 11.1. The van der Waals surface area contributed by atoms with Crippen LogP contribution in [-0.2, 0) is 11.3 Å². The van der Waals surface area contributed by atoms with Gasteiger partial charge < -0.3 is 10.1 Å². The first-order valence-corrected chi connectivity index (χ1v) is 7.87. The van der Waals surface area contributed by atoms with E-state index in [4.69, 9.17) is 4.74 Å². The molecule has 3 rings (SSSR count). The van der Waals surface area contributed by atoms with E-state index in [1.165, 1.54) is 43.4 Å². The van der Waals surface area contributed by atoms with Crippen LogP contribution in [0.1, 0.15) is 48.4 Å². The van der Waals surface area contributed by atoms with Crippen molar-refractivity contribution in [2.75, 3.05) is 6.54 Å². The summed E-state index contributed by atoms with van der Waals surface area (Å²) in [5.41, 5.74) is 0.271. The van der Waals surface area contributed by atoms with E-state index < -0.39 is 0 Å². The van der Waals surface area contributed by atoms with Gasteiger partial charge in [-0.1, -0.05) is 12.8 Å². The number of hydrogen-bond acceptors (Lipinski definition) is 4. The van der Waals surface area contributed by atoms with Crippen LogP contribution in [0.15, 0.2) is 6.20 Å². The van der Waals surface area contributed by atoms with Crippen molar-refractivity contribution in [1.82, 2.24) is 10.3 Å². The van der Waals surface area contributed by atoms with Gasteiger partial charge in [0.2, 0.25) is 0 Å². The largest absolute Gasteiger partial charge is 0.370 e. The van der Waals surface area contributed by atoms with Crippen LogP contribution in [0, 0.1) is 6.92 Å². The molecule has 4 heteroatoms. The van der Waals surface area contributed by atoms with Crippen molar-refractivity contribution in [1.29, 1.82) is 0 Å². The van der Waals surface area contributed by atoms with Gasteiger partial charge in [0.05, 0.1) is 16.7 Å². The van der Waals surface area contributed by atoms with Crippen molar-refractivity contribution in [2.45, 2.75) is 63.7 Å². The first-order chi connectivity index (χ1) is 8.76. The van der Waals surface area contributed by atoms with E-state index in [1.807, 2.05) is 6.20 Å².